The van der Waals surface area contributed by atoms with E-state index in [2.05, 4.69) is 15.5 Å². The number of morpholine rings is 1. The number of para-hydroxylation sites is 1. The summed E-state index contributed by atoms with van der Waals surface area (Å²) in [7, 11) is 0. The first kappa shape index (κ1) is 18.9. The Morgan fingerprint density at radius 2 is 1.77 bits per heavy atom. The van der Waals surface area contributed by atoms with E-state index >= 15 is 0 Å². The molecule has 0 unspecified atom stereocenters. The van der Waals surface area contributed by atoms with Gasteiger partial charge in [-0.2, -0.15) is 0 Å². The molecule has 2 N–H and O–H groups in total. The first-order valence-electron chi connectivity index (χ1n) is 9.59. The van der Waals surface area contributed by atoms with E-state index in [9.17, 15) is 9.59 Å². The number of amides is 2. The van der Waals surface area contributed by atoms with Crippen LogP contribution in [-0.2, 0) is 9.53 Å². The molecule has 3 rings (SSSR count). The maximum Gasteiger partial charge on any atom is 0.253 e. The van der Waals surface area contributed by atoms with Crippen LogP contribution in [0.4, 0.5) is 5.69 Å². The molecule has 1 heterocycles. The van der Waals surface area contributed by atoms with Gasteiger partial charge in [0, 0.05) is 19.1 Å². The van der Waals surface area contributed by atoms with E-state index in [0.717, 1.165) is 25.9 Å². The van der Waals surface area contributed by atoms with Crippen molar-refractivity contribution in [3.63, 3.8) is 0 Å². The average Bonchev–Trinajstić information content (AvgIpc) is 3.07. The van der Waals surface area contributed by atoms with Gasteiger partial charge in [0.2, 0.25) is 5.91 Å². The molecule has 1 aliphatic carbocycles. The fraction of sp³-hybridized carbons (Fsp3) is 0.600. The Balaban J connectivity index is 1.60. The summed E-state index contributed by atoms with van der Waals surface area (Å²) in [6.07, 6.45) is 4.65. The van der Waals surface area contributed by atoms with Gasteiger partial charge >= 0.3 is 0 Å². The first-order valence-corrected chi connectivity index (χ1v) is 9.59. The number of rotatable bonds is 5. The zero-order chi connectivity index (χ0) is 18.5. The standard InChI is InChI=1S/C20H29N3O3/c1-14-11-23(12-15(2)26-14)13-19(24)22-18-10-6-5-9-17(18)20(25)21-16-7-3-4-8-16/h5-6,9-10,14-16H,3-4,7-8,11-13H2,1-2H3,(H,21,25)(H,22,24)/t14-,15-/m0/s1. The van der Waals surface area contributed by atoms with Crippen molar-refractivity contribution >= 4 is 17.5 Å². The van der Waals surface area contributed by atoms with Crippen LogP contribution in [0.1, 0.15) is 49.9 Å². The van der Waals surface area contributed by atoms with Crippen LogP contribution < -0.4 is 10.6 Å². The molecule has 2 atom stereocenters. The van der Waals surface area contributed by atoms with Crippen LogP contribution in [0.25, 0.3) is 0 Å². The topological polar surface area (TPSA) is 70.7 Å². The van der Waals surface area contributed by atoms with Gasteiger partial charge in [0.05, 0.1) is 30.0 Å². The van der Waals surface area contributed by atoms with Crippen LogP contribution in [0.5, 0.6) is 0 Å². The molecule has 0 bridgehead atoms. The lowest BCUT2D eigenvalue weighted by atomic mass is 10.1. The summed E-state index contributed by atoms with van der Waals surface area (Å²) in [5, 5.41) is 6.00. The Morgan fingerprint density at radius 3 is 2.46 bits per heavy atom. The maximum absolute atomic E-state index is 12.6. The molecule has 1 aromatic carbocycles. The van der Waals surface area contributed by atoms with Gasteiger partial charge < -0.3 is 15.4 Å². The fourth-order valence-corrected chi connectivity index (χ4v) is 3.93. The van der Waals surface area contributed by atoms with Gasteiger partial charge in [-0.1, -0.05) is 25.0 Å². The predicted octanol–water partition coefficient (Wildman–Crippen LogP) is 2.41. The van der Waals surface area contributed by atoms with Gasteiger partial charge in [0.25, 0.3) is 5.91 Å². The van der Waals surface area contributed by atoms with Crippen molar-refractivity contribution in [3.8, 4) is 0 Å². The molecule has 2 fully saturated rings. The Hall–Kier alpha value is -1.92. The van der Waals surface area contributed by atoms with Crippen LogP contribution in [0, 0.1) is 0 Å². The third-order valence-electron chi connectivity index (χ3n) is 5.00. The Bertz CT molecular complexity index is 633. The minimum atomic E-state index is -0.110. The second-order valence-electron chi connectivity index (χ2n) is 7.50. The number of carbonyl (C=O) groups excluding carboxylic acids is 2. The Labute approximate surface area is 155 Å². The van der Waals surface area contributed by atoms with Crippen LogP contribution >= 0.6 is 0 Å². The monoisotopic (exact) mass is 359 g/mol. The molecule has 6 nitrogen and oxygen atoms in total. The molecule has 6 heteroatoms. The number of nitrogens with one attached hydrogen (secondary N) is 2. The van der Waals surface area contributed by atoms with E-state index in [-0.39, 0.29) is 30.1 Å². The first-order chi connectivity index (χ1) is 12.5. The largest absolute Gasteiger partial charge is 0.373 e. The van der Waals surface area contributed by atoms with Crippen molar-refractivity contribution in [3.05, 3.63) is 29.8 Å². The number of ether oxygens (including phenoxy) is 1. The normalized spacial score (nSPS) is 24.4. The highest BCUT2D eigenvalue weighted by molar-refractivity contribution is 6.04. The fourth-order valence-electron chi connectivity index (χ4n) is 3.93. The van der Waals surface area contributed by atoms with Crippen LogP contribution in [-0.4, -0.2) is 54.6 Å². The summed E-state index contributed by atoms with van der Waals surface area (Å²) < 4.78 is 5.70. The maximum atomic E-state index is 12.6. The average molecular weight is 359 g/mol. The van der Waals surface area contributed by atoms with Crippen LogP contribution in [0.3, 0.4) is 0 Å². The molecule has 2 aliphatic rings. The van der Waals surface area contributed by atoms with E-state index in [0.29, 0.717) is 17.8 Å². The lowest BCUT2D eigenvalue weighted by molar-refractivity contribution is -0.121. The van der Waals surface area contributed by atoms with Crippen molar-refractivity contribution in [2.24, 2.45) is 0 Å². The lowest BCUT2D eigenvalue weighted by Crippen LogP contribution is -2.48. The van der Waals surface area contributed by atoms with Crippen molar-refractivity contribution in [1.82, 2.24) is 10.2 Å². The molecule has 0 radical (unpaired) electrons. The molecule has 26 heavy (non-hydrogen) atoms. The quantitative estimate of drug-likeness (QED) is 0.847. The zero-order valence-corrected chi connectivity index (χ0v) is 15.7. The van der Waals surface area contributed by atoms with Gasteiger partial charge in [-0.15, -0.1) is 0 Å². The summed E-state index contributed by atoms with van der Waals surface area (Å²) in [6.45, 7) is 5.81. The van der Waals surface area contributed by atoms with Gasteiger partial charge in [-0.25, -0.2) is 0 Å². The third kappa shape index (κ3) is 5.05. The second kappa shape index (κ2) is 8.64. The number of benzene rings is 1. The van der Waals surface area contributed by atoms with Crippen molar-refractivity contribution < 1.29 is 14.3 Å². The molecule has 2 amide bonds. The highest BCUT2D eigenvalue weighted by Crippen LogP contribution is 2.20. The molecular weight excluding hydrogens is 330 g/mol. The predicted molar refractivity (Wildman–Crippen MR) is 101 cm³/mol. The zero-order valence-electron chi connectivity index (χ0n) is 15.7. The Morgan fingerprint density at radius 1 is 1.12 bits per heavy atom. The van der Waals surface area contributed by atoms with Gasteiger partial charge in [0.1, 0.15) is 0 Å². The van der Waals surface area contributed by atoms with Crippen LogP contribution in [0.15, 0.2) is 24.3 Å². The van der Waals surface area contributed by atoms with Crippen molar-refractivity contribution in [2.75, 3.05) is 25.0 Å². The minimum absolute atomic E-state index is 0.104. The van der Waals surface area contributed by atoms with Gasteiger partial charge in [-0.3, -0.25) is 14.5 Å². The molecule has 1 aliphatic heterocycles. The number of nitrogens with zero attached hydrogens (tertiary/aromatic N) is 1. The smallest absolute Gasteiger partial charge is 0.253 e. The highest BCUT2D eigenvalue weighted by Gasteiger charge is 2.24. The van der Waals surface area contributed by atoms with E-state index in [1.165, 1.54) is 12.8 Å². The number of hydrogen-bond donors (Lipinski definition) is 2. The Kier molecular flexibility index (Phi) is 6.27. The molecular formula is C20H29N3O3. The van der Waals surface area contributed by atoms with E-state index in [1.807, 2.05) is 26.0 Å². The SMILES string of the molecule is C[C@H]1CN(CC(=O)Nc2ccccc2C(=O)NC2CCCC2)C[C@H](C)O1. The van der Waals surface area contributed by atoms with E-state index in [4.69, 9.17) is 4.74 Å². The van der Waals surface area contributed by atoms with Gasteiger partial charge in [0.15, 0.2) is 0 Å². The molecule has 0 spiro atoms. The number of hydrogen-bond acceptors (Lipinski definition) is 4. The summed E-state index contributed by atoms with van der Waals surface area (Å²) in [4.78, 5) is 27.2. The molecule has 1 saturated heterocycles. The molecule has 1 saturated carbocycles. The summed E-state index contributed by atoms with van der Waals surface area (Å²) in [5.74, 6) is -0.214. The van der Waals surface area contributed by atoms with E-state index < -0.39 is 0 Å². The lowest BCUT2D eigenvalue weighted by Gasteiger charge is -2.34. The molecule has 0 aromatic heterocycles. The van der Waals surface area contributed by atoms with E-state index in [1.54, 1.807) is 12.1 Å². The highest BCUT2D eigenvalue weighted by atomic mass is 16.5. The summed E-state index contributed by atoms with van der Waals surface area (Å²) in [5.41, 5.74) is 1.10. The molecule has 1 aromatic rings. The number of carbonyl (C=O) groups is 2. The second-order valence-corrected chi connectivity index (χ2v) is 7.50. The minimum Gasteiger partial charge on any atom is -0.373 e. The van der Waals surface area contributed by atoms with Crippen LogP contribution in [0.2, 0.25) is 0 Å². The van der Waals surface area contributed by atoms with Crippen molar-refractivity contribution in [1.29, 1.82) is 0 Å². The number of anilines is 1. The third-order valence-corrected chi connectivity index (χ3v) is 5.00. The molecule has 142 valence electrons. The van der Waals surface area contributed by atoms with Gasteiger partial charge in [-0.05, 0) is 38.8 Å². The van der Waals surface area contributed by atoms with Crippen molar-refractivity contribution in [2.45, 2.75) is 57.8 Å². The summed E-state index contributed by atoms with van der Waals surface area (Å²) in [6, 6.07) is 7.46. The summed E-state index contributed by atoms with van der Waals surface area (Å²) >= 11 is 0.